The lowest BCUT2D eigenvalue weighted by Crippen LogP contribution is -2.46. The van der Waals surface area contributed by atoms with Gasteiger partial charge in [0.05, 0.1) is 14.2 Å². The van der Waals surface area contributed by atoms with Crippen LogP contribution >= 0.6 is 0 Å². The third-order valence-electron chi connectivity index (χ3n) is 4.91. The molecule has 4 rings (SSSR count). The van der Waals surface area contributed by atoms with Crippen molar-refractivity contribution in [3.05, 3.63) is 41.9 Å². The average Bonchev–Trinajstić information content (AvgIpc) is 3.16. The summed E-state index contributed by atoms with van der Waals surface area (Å²) in [7, 11) is 3.33. The molecule has 0 radical (unpaired) electrons. The second kappa shape index (κ2) is 7.40. The van der Waals surface area contributed by atoms with Crippen LogP contribution in [0.15, 0.2) is 30.6 Å². The van der Waals surface area contributed by atoms with Crippen molar-refractivity contribution in [2.45, 2.75) is 13.5 Å². The van der Waals surface area contributed by atoms with E-state index < -0.39 is 0 Å². The molecule has 1 fully saturated rings. The van der Waals surface area contributed by atoms with Crippen molar-refractivity contribution >= 4 is 11.6 Å². The Kier molecular flexibility index (Phi) is 4.81. The SMILES string of the molecule is COc1ccc(CN2CCN(c3cc(C)nc4ncnn34)CC2)cc1OC. The molecule has 1 saturated heterocycles. The fraction of sp³-hybridized carbons (Fsp3) is 0.421. The Labute approximate surface area is 158 Å². The molecule has 0 aliphatic carbocycles. The lowest BCUT2D eigenvalue weighted by Gasteiger charge is -2.36. The number of fused-ring (bicyclic) bond motifs is 1. The number of methoxy groups -OCH3 is 2. The van der Waals surface area contributed by atoms with E-state index >= 15 is 0 Å². The maximum atomic E-state index is 5.41. The number of benzene rings is 1. The Hall–Kier alpha value is -2.87. The maximum Gasteiger partial charge on any atom is 0.254 e. The number of aromatic nitrogens is 4. The van der Waals surface area contributed by atoms with E-state index in [0.29, 0.717) is 5.78 Å². The van der Waals surface area contributed by atoms with Crippen molar-refractivity contribution in [3.63, 3.8) is 0 Å². The number of aryl methyl sites for hydroxylation is 1. The molecule has 8 heteroatoms. The van der Waals surface area contributed by atoms with Crippen LogP contribution in [0.5, 0.6) is 11.5 Å². The topological polar surface area (TPSA) is 68.0 Å². The summed E-state index contributed by atoms with van der Waals surface area (Å²) in [5.41, 5.74) is 2.18. The summed E-state index contributed by atoms with van der Waals surface area (Å²) in [5.74, 6) is 3.24. The largest absolute Gasteiger partial charge is 0.493 e. The van der Waals surface area contributed by atoms with Gasteiger partial charge in [-0.25, -0.2) is 4.98 Å². The normalized spacial score (nSPS) is 15.3. The summed E-state index contributed by atoms with van der Waals surface area (Å²) < 4.78 is 12.5. The zero-order valence-corrected chi connectivity index (χ0v) is 15.9. The van der Waals surface area contributed by atoms with Gasteiger partial charge in [0.1, 0.15) is 12.1 Å². The zero-order chi connectivity index (χ0) is 18.8. The molecule has 0 atom stereocenters. The van der Waals surface area contributed by atoms with E-state index in [9.17, 15) is 0 Å². The molecular formula is C19H24N6O2. The van der Waals surface area contributed by atoms with Crippen LogP contribution in [-0.2, 0) is 6.54 Å². The Morgan fingerprint density at radius 3 is 2.52 bits per heavy atom. The van der Waals surface area contributed by atoms with Crippen molar-refractivity contribution in [1.29, 1.82) is 0 Å². The Morgan fingerprint density at radius 2 is 1.78 bits per heavy atom. The highest BCUT2D eigenvalue weighted by Crippen LogP contribution is 2.28. The summed E-state index contributed by atoms with van der Waals surface area (Å²) >= 11 is 0. The number of nitrogens with zero attached hydrogens (tertiary/aromatic N) is 6. The minimum atomic E-state index is 0.651. The van der Waals surface area contributed by atoms with E-state index in [0.717, 1.165) is 55.7 Å². The fourth-order valence-corrected chi connectivity index (χ4v) is 3.51. The van der Waals surface area contributed by atoms with Gasteiger partial charge in [-0.3, -0.25) is 4.90 Å². The Bertz CT molecular complexity index is 933. The minimum Gasteiger partial charge on any atom is -0.493 e. The van der Waals surface area contributed by atoms with Crippen molar-refractivity contribution in [3.8, 4) is 11.5 Å². The van der Waals surface area contributed by atoms with E-state index in [2.05, 4.69) is 43.1 Å². The lowest BCUT2D eigenvalue weighted by molar-refractivity contribution is 0.248. The monoisotopic (exact) mass is 368 g/mol. The number of anilines is 1. The van der Waals surface area contributed by atoms with E-state index in [1.54, 1.807) is 20.5 Å². The Balaban J connectivity index is 1.44. The van der Waals surface area contributed by atoms with Gasteiger partial charge in [0, 0.05) is 44.5 Å². The molecule has 1 aromatic carbocycles. The molecule has 8 nitrogen and oxygen atoms in total. The van der Waals surface area contributed by atoms with Crippen LogP contribution in [0.3, 0.4) is 0 Å². The Morgan fingerprint density at radius 1 is 1.00 bits per heavy atom. The molecule has 0 bridgehead atoms. The van der Waals surface area contributed by atoms with E-state index in [-0.39, 0.29) is 0 Å². The smallest absolute Gasteiger partial charge is 0.254 e. The molecule has 3 aromatic rings. The van der Waals surface area contributed by atoms with Crippen molar-refractivity contribution in [2.24, 2.45) is 0 Å². The first-order valence-corrected chi connectivity index (χ1v) is 9.03. The summed E-state index contributed by atoms with van der Waals surface area (Å²) in [6.07, 6.45) is 1.55. The third-order valence-corrected chi connectivity index (χ3v) is 4.91. The third kappa shape index (κ3) is 3.52. The van der Waals surface area contributed by atoms with Gasteiger partial charge in [0.15, 0.2) is 11.5 Å². The van der Waals surface area contributed by atoms with Gasteiger partial charge in [-0.15, -0.1) is 0 Å². The summed E-state index contributed by atoms with van der Waals surface area (Å²) in [4.78, 5) is 13.4. The number of hydrogen-bond donors (Lipinski definition) is 0. The van der Waals surface area contributed by atoms with Crippen LogP contribution < -0.4 is 14.4 Å². The van der Waals surface area contributed by atoms with Crippen LogP contribution in [0.2, 0.25) is 0 Å². The quantitative estimate of drug-likeness (QED) is 0.680. The highest BCUT2D eigenvalue weighted by atomic mass is 16.5. The number of piperazine rings is 1. The van der Waals surface area contributed by atoms with Gasteiger partial charge < -0.3 is 14.4 Å². The number of rotatable bonds is 5. The van der Waals surface area contributed by atoms with Gasteiger partial charge >= 0.3 is 0 Å². The highest BCUT2D eigenvalue weighted by molar-refractivity contribution is 5.47. The first kappa shape index (κ1) is 17.5. The average molecular weight is 368 g/mol. The van der Waals surface area contributed by atoms with Crippen molar-refractivity contribution < 1.29 is 9.47 Å². The van der Waals surface area contributed by atoms with Gasteiger partial charge in [-0.2, -0.15) is 14.6 Å². The highest BCUT2D eigenvalue weighted by Gasteiger charge is 2.20. The first-order chi connectivity index (χ1) is 13.2. The van der Waals surface area contributed by atoms with Crippen LogP contribution in [0, 0.1) is 6.92 Å². The molecule has 1 aliphatic heterocycles. The summed E-state index contributed by atoms with van der Waals surface area (Å²) in [5, 5.41) is 4.32. The maximum absolute atomic E-state index is 5.41. The van der Waals surface area contributed by atoms with Crippen molar-refractivity contribution in [2.75, 3.05) is 45.3 Å². The van der Waals surface area contributed by atoms with Crippen molar-refractivity contribution in [1.82, 2.24) is 24.5 Å². The van der Waals surface area contributed by atoms with E-state index in [1.807, 2.05) is 17.5 Å². The molecule has 0 unspecified atom stereocenters. The molecule has 1 aliphatic rings. The standard InChI is InChI=1S/C19H24N6O2/c1-14-10-18(25-19(22-14)20-13-21-25)24-8-6-23(7-9-24)12-15-4-5-16(26-2)17(11-15)27-3/h4-5,10-11,13H,6-9,12H2,1-3H3. The molecule has 0 spiro atoms. The van der Waals surface area contributed by atoms with Crippen LogP contribution in [-0.4, -0.2) is 64.9 Å². The zero-order valence-electron chi connectivity index (χ0n) is 15.9. The molecular weight excluding hydrogens is 344 g/mol. The van der Waals surface area contributed by atoms with Gasteiger partial charge in [0.25, 0.3) is 5.78 Å². The van der Waals surface area contributed by atoms with Crippen LogP contribution in [0.25, 0.3) is 5.78 Å². The van der Waals surface area contributed by atoms with Crippen LogP contribution in [0.1, 0.15) is 11.3 Å². The summed E-state index contributed by atoms with van der Waals surface area (Å²) in [6, 6.07) is 8.19. The molecule has 0 N–H and O–H groups in total. The summed E-state index contributed by atoms with van der Waals surface area (Å²) in [6.45, 7) is 6.71. The first-order valence-electron chi connectivity index (χ1n) is 9.03. The van der Waals surface area contributed by atoms with E-state index in [4.69, 9.17) is 9.47 Å². The number of hydrogen-bond acceptors (Lipinski definition) is 7. The molecule has 2 aromatic heterocycles. The molecule has 3 heterocycles. The fourth-order valence-electron chi connectivity index (χ4n) is 3.51. The number of ether oxygens (including phenoxy) is 2. The molecule has 0 saturated carbocycles. The second-order valence-corrected chi connectivity index (χ2v) is 6.68. The van der Waals surface area contributed by atoms with E-state index in [1.165, 1.54) is 5.56 Å². The molecule has 27 heavy (non-hydrogen) atoms. The predicted molar refractivity (Wildman–Crippen MR) is 103 cm³/mol. The van der Waals surface area contributed by atoms with Gasteiger partial charge in [-0.05, 0) is 24.6 Å². The molecule has 0 amide bonds. The second-order valence-electron chi connectivity index (χ2n) is 6.68. The predicted octanol–water partition coefficient (Wildman–Crippen LogP) is 1.77. The minimum absolute atomic E-state index is 0.651. The van der Waals surface area contributed by atoms with Gasteiger partial charge in [0.2, 0.25) is 0 Å². The van der Waals surface area contributed by atoms with Crippen LogP contribution in [0.4, 0.5) is 5.82 Å². The molecule has 142 valence electrons. The lowest BCUT2D eigenvalue weighted by atomic mass is 10.1. The van der Waals surface area contributed by atoms with Gasteiger partial charge in [-0.1, -0.05) is 6.07 Å².